The van der Waals surface area contributed by atoms with Crippen LogP contribution in [0.15, 0.2) is 133 Å². The number of hydrogen-bond donors (Lipinski definition) is 0. The van der Waals surface area contributed by atoms with Crippen molar-refractivity contribution in [1.29, 1.82) is 0 Å². The molecule has 0 N–H and O–H groups in total. The van der Waals surface area contributed by atoms with E-state index in [0.29, 0.717) is 45.0 Å². The number of anilines is 1. The molecule has 5 aromatic rings. The van der Waals surface area contributed by atoms with E-state index in [-0.39, 0.29) is 12.4 Å². The third-order valence-corrected chi connectivity index (χ3v) is 10.8. The number of imide groups is 1. The minimum atomic E-state index is -1.56. The Morgan fingerprint density at radius 2 is 1.02 bits per heavy atom. The molecule has 3 aliphatic rings. The van der Waals surface area contributed by atoms with Crippen LogP contribution in [0.5, 0.6) is 11.5 Å². The number of fused-ring (bicyclic) bond motifs is 5. The number of allylic oxidation sites excluding steroid dienone is 2. The molecule has 1 saturated carbocycles. The number of rotatable bonds is 9. The molecule has 2 fully saturated rings. The highest BCUT2D eigenvalue weighted by molar-refractivity contribution is 6.39. The average molecular weight is 690 g/mol. The topological polar surface area (TPSA) is 99.2 Å². The average Bonchev–Trinajstić information content (AvgIpc) is 3.70. The fourth-order valence-corrected chi connectivity index (χ4v) is 8.86. The molecule has 2 amide bonds. The van der Waals surface area contributed by atoms with Gasteiger partial charge in [-0.1, -0.05) is 84.9 Å². The maximum absolute atomic E-state index is 16.1. The largest absolute Gasteiger partial charge is 0.497 e. The summed E-state index contributed by atoms with van der Waals surface area (Å²) < 4.78 is 16.2. The van der Waals surface area contributed by atoms with Gasteiger partial charge in [-0.3, -0.25) is 14.4 Å². The van der Waals surface area contributed by atoms with Crippen molar-refractivity contribution in [3.63, 3.8) is 0 Å². The maximum Gasteiger partial charge on any atom is 0.338 e. The van der Waals surface area contributed by atoms with Crippen LogP contribution in [-0.2, 0) is 30.0 Å². The SMILES string of the molecule is CCOC(=O)c1ccc(N2C(=O)C3C(C2=O)C2(c4ccccc4)C(=O)C3(c3ccccc3)C(c3ccc(OC)cc3)=C2c2ccc(OC)cc2)cc1. The summed E-state index contributed by atoms with van der Waals surface area (Å²) in [5.41, 5.74) is 1.56. The van der Waals surface area contributed by atoms with Crippen LogP contribution in [0.1, 0.15) is 39.5 Å². The summed E-state index contributed by atoms with van der Waals surface area (Å²) in [7, 11) is 3.18. The Morgan fingerprint density at radius 1 is 0.596 bits per heavy atom. The molecule has 258 valence electrons. The Labute approximate surface area is 301 Å². The number of nitrogens with zero attached hydrogens (tertiary/aromatic N) is 1. The second-order valence-corrected chi connectivity index (χ2v) is 13.1. The molecule has 8 heteroatoms. The molecule has 4 atom stereocenters. The molecular formula is C44H35NO7. The number of carbonyl (C=O) groups excluding carboxylic acids is 4. The smallest absolute Gasteiger partial charge is 0.338 e. The van der Waals surface area contributed by atoms with Gasteiger partial charge < -0.3 is 14.2 Å². The lowest BCUT2D eigenvalue weighted by molar-refractivity contribution is -0.130. The van der Waals surface area contributed by atoms with Gasteiger partial charge in [-0.15, -0.1) is 0 Å². The first-order valence-corrected chi connectivity index (χ1v) is 17.2. The standard InChI is InChI=1S/C44H35NO7/c1-4-52-41(48)29-15-21-32(22-16-29)45-39(46)37-38(40(45)47)44(31-13-9-6-10-14-31)36(28-19-25-34(51-3)26-20-28)35(27-17-23-33(50-2)24-18-27)43(37,42(44)49)30-11-7-5-8-12-30/h5-26,37-38H,4H2,1-3H3. The van der Waals surface area contributed by atoms with Crippen LogP contribution in [0.2, 0.25) is 0 Å². The van der Waals surface area contributed by atoms with Crippen LogP contribution >= 0.6 is 0 Å². The molecular weight excluding hydrogens is 654 g/mol. The quantitative estimate of drug-likeness (QED) is 0.121. The van der Waals surface area contributed by atoms with Crippen LogP contribution in [0.25, 0.3) is 11.1 Å². The number of ketones is 1. The lowest BCUT2D eigenvalue weighted by Gasteiger charge is -2.39. The zero-order valence-corrected chi connectivity index (χ0v) is 28.9. The number of Topliss-reactive ketones (excluding diaryl/α,β-unsaturated/α-hetero) is 1. The number of ether oxygens (including phenoxy) is 3. The summed E-state index contributed by atoms with van der Waals surface area (Å²) in [6.45, 7) is 1.94. The summed E-state index contributed by atoms with van der Waals surface area (Å²) in [5, 5.41) is 0. The third kappa shape index (κ3) is 4.40. The van der Waals surface area contributed by atoms with Gasteiger partial charge in [-0.2, -0.15) is 0 Å². The predicted molar refractivity (Wildman–Crippen MR) is 196 cm³/mol. The molecule has 2 bridgehead atoms. The van der Waals surface area contributed by atoms with Gasteiger partial charge in [0.2, 0.25) is 11.8 Å². The molecule has 1 aliphatic heterocycles. The van der Waals surface area contributed by atoms with Gasteiger partial charge in [0.15, 0.2) is 5.78 Å². The van der Waals surface area contributed by atoms with E-state index < -0.39 is 40.4 Å². The first-order valence-electron chi connectivity index (χ1n) is 17.2. The lowest BCUT2D eigenvalue weighted by Crippen LogP contribution is -2.45. The van der Waals surface area contributed by atoms with E-state index in [1.54, 1.807) is 45.4 Å². The summed E-state index contributed by atoms with van der Waals surface area (Å²) >= 11 is 0. The van der Waals surface area contributed by atoms with E-state index in [1.165, 1.54) is 4.90 Å². The third-order valence-electron chi connectivity index (χ3n) is 10.8. The van der Waals surface area contributed by atoms with Crippen LogP contribution in [0.3, 0.4) is 0 Å². The predicted octanol–water partition coefficient (Wildman–Crippen LogP) is 7.07. The molecule has 0 radical (unpaired) electrons. The highest BCUT2D eigenvalue weighted by Gasteiger charge is 2.82. The molecule has 0 spiro atoms. The van der Waals surface area contributed by atoms with Gasteiger partial charge >= 0.3 is 5.97 Å². The maximum atomic E-state index is 16.1. The van der Waals surface area contributed by atoms with Crippen LogP contribution in [-0.4, -0.2) is 44.4 Å². The second-order valence-electron chi connectivity index (χ2n) is 13.1. The van der Waals surface area contributed by atoms with Gasteiger partial charge in [0.1, 0.15) is 11.5 Å². The Morgan fingerprint density at radius 3 is 1.40 bits per heavy atom. The normalized spacial score (nSPS) is 23.2. The van der Waals surface area contributed by atoms with Crippen molar-refractivity contribution in [2.45, 2.75) is 17.8 Å². The van der Waals surface area contributed by atoms with E-state index >= 15 is 14.4 Å². The van der Waals surface area contributed by atoms with Crippen molar-refractivity contribution in [2.24, 2.45) is 11.8 Å². The van der Waals surface area contributed by atoms with Crippen LogP contribution in [0.4, 0.5) is 5.69 Å². The summed E-state index contributed by atoms with van der Waals surface area (Å²) in [4.78, 5) is 60.2. The van der Waals surface area contributed by atoms with Crippen molar-refractivity contribution in [3.05, 3.63) is 161 Å². The van der Waals surface area contributed by atoms with Gasteiger partial charge in [0.25, 0.3) is 0 Å². The van der Waals surface area contributed by atoms with E-state index in [9.17, 15) is 4.79 Å². The monoisotopic (exact) mass is 689 g/mol. The minimum absolute atomic E-state index is 0.213. The summed E-state index contributed by atoms with van der Waals surface area (Å²) in [6.07, 6.45) is 0. The van der Waals surface area contributed by atoms with E-state index in [2.05, 4.69) is 0 Å². The van der Waals surface area contributed by atoms with Gasteiger partial charge in [-0.25, -0.2) is 9.69 Å². The number of carbonyl (C=O) groups is 4. The van der Waals surface area contributed by atoms with Gasteiger partial charge in [-0.05, 0) is 88.9 Å². The molecule has 8 rings (SSSR count). The highest BCUT2D eigenvalue weighted by Crippen LogP contribution is 2.74. The lowest BCUT2D eigenvalue weighted by atomic mass is 9.59. The van der Waals surface area contributed by atoms with Gasteiger partial charge in [0, 0.05) is 0 Å². The van der Waals surface area contributed by atoms with E-state index in [0.717, 1.165) is 11.1 Å². The van der Waals surface area contributed by atoms with Crippen LogP contribution in [0, 0.1) is 11.8 Å². The molecule has 1 saturated heterocycles. The van der Waals surface area contributed by atoms with Crippen LogP contribution < -0.4 is 14.4 Å². The summed E-state index contributed by atoms with van der Waals surface area (Å²) in [6, 6.07) is 40.0. The number of amides is 2. The fraction of sp³-hybridized carbons (Fsp3) is 0.182. The van der Waals surface area contributed by atoms with Crippen molar-refractivity contribution in [2.75, 3.05) is 25.7 Å². The Hall–Kier alpha value is -6.28. The minimum Gasteiger partial charge on any atom is -0.497 e. The van der Waals surface area contributed by atoms with E-state index in [1.807, 2.05) is 109 Å². The summed E-state index contributed by atoms with van der Waals surface area (Å²) in [5.74, 6) is -2.57. The van der Waals surface area contributed by atoms with Crippen molar-refractivity contribution < 1.29 is 33.4 Å². The van der Waals surface area contributed by atoms with E-state index in [4.69, 9.17) is 14.2 Å². The molecule has 1 heterocycles. The molecule has 0 aromatic heterocycles. The van der Waals surface area contributed by atoms with Crippen molar-refractivity contribution in [3.8, 4) is 11.5 Å². The van der Waals surface area contributed by atoms with Crippen molar-refractivity contribution in [1.82, 2.24) is 0 Å². The number of esters is 1. The number of methoxy groups -OCH3 is 2. The Kier molecular flexibility index (Phi) is 7.90. The second kappa shape index (κ2) is 12.5. The number of benzene rings is 5. The highest BCUT2D eigenvalue weighted by atomic mass is 16.5. The molecule has 52 heavy (non-hydrogen) atoms. The Bertz CT molecular complexity index is 2120. The molecule has 8 nitrogen and oxygen atoms in total. The molecule has 2 aliphatic carbocycles. The zero-order valence-electron chi connectivity index (χ0n) is 28.9. The molecule has 5 aromatic carbocycles. The first-order chi connectivity index (χ1) is 25.3. The van der Waals surface area contributed by atoms with Crippen molar-refractivity contribution >= 4 is 40.4 Å². The Balaban J connectivity index is 1.47. The fourth-order valence-electron chi connectivity index (χ4n) is 8.86. The zero-order chi connectivity index (χ0) is 36.2. The number of hydrogen-bond acceptors (Lipinski definition) is 7. The first kappa shape index (κ1) is 32.9. The van der Waals surface area contributed by atoms with Gasteiger partial charge in [0.05, 0.1) is 54.7 Å². The molecule has 4 unspecified atom stereocenters.